The summed E-state index contributed by atoms with van der Waals surface area (Å²) in [4.78, 5) is 0. The van der Waals surface area contributed by atoms with Gasteiger partial charge in [0.05, 0.1) is 19.8 Å². The van der Waals surface area contributed by atoms with Crippen LogP contribution in [0.4, 0.5) is 0 Å². The third-order valence-corrected chi connectivity index (χ3v) is 4.34. The van der Waals surface area contributed by atoms with Gasteiger partial charge in [-0.25, -0.2) is 0 Å². The summed E-state index contributed by atoms with van der Waals surface area (Å²) in [6.07, 6.45) is 5.42. The quantitative estimate of drug-likeness (QED) is 0.530. The van der Waals surface area contributed by atoms with Crippen LogP contribution in [-0.2, 0) is 16.1 Å². The molecule has 0 unspecified atom stereocenters. The summed E-state index contributed by atoms with van der Waals surface area (Å²) in [5.41, 5.74) is 2.20. The number of hydrogen-bond donors (Lipinski definition) is 0. The Labute approximate surface area is 143 Å². The molecule has 24 heavy (non-hydrogen) atoms. The van der Waals surface area contributed by atoms with Crippen molar-refractivity contribution in [3.05, 3.63) is 71.8 Å². The summed E-state index contributed by atoms with van der Waals surface area (Å²) in [5.74, 6) is 0.867. The summed E-state index contributed by atoms with van der Waals surface area (Å²) < 4.78 is 16.7. The van der Waals surface area contributed by atoms with Crippen LogP contribution in [-0.4, -0.2) is 25.4 Å². The minimum Gasteiger partial charge on any atom is -0.497 e. The molecule has 126 valence electrons. The fourth-order valence-corrected chi connectivity index (χ4v) is 2.69. The standard InChI is InChI=1S/C21H24O3/c1-21(14-12-17-6-4-3-5-7-17)20(24-21)13-15-23-16-18-8-10-19(22-2)11-9-18/h3-12,14,20H,13,15-16H2,1-2H3/b14-12-/t20-,21-/m0/s1. The second-order valence-corrected chi connectivity index (χ2v) is 6.22. The molecule has 1 saturated heterocycles. The Morgan fingerprint density at radius 2 is 1.83 bits per heavy atom. The minimum absolute atomic E-state index is 0.153. The summed E-state index contributed by atoms with van der Waals surface area (Å²) >= 11 is 0. The number of hydrogen-bond acceptors (Lipinski definition) is 3. The normalized spacial score (nSPS) is 22.7. The Morgan fingerprint density at radius 1 is 1.08 bits per heavy atom. The molecule has 0 N–H and O–H groups in total. The van der Waals surface area contributed by atoms with Gasteiger partial charge in [-0.3, -0.25) is 0 Å². The Bertz CT molecular complexity index is 663. The van der Waals surface area contributed by atoms with Gasteiger partial charge in [0, 0.05) is 13.0 Å². The molecular weight excluding hydrogens is 300 g/mol. The zero-order chi connectivity index (χ0) is 16.8. The first-order valence-electron chi connectivity index (χ1n) is 8.32. The average molecular weight is 324 g/mol. The highest BCUT2D eigenvalue weighted by molar-refractivity contribution is 5.51. The average Bonchev–Trinajstić information content (AvgIpc) is 3.29. The fourth-order valence-electron chi connectivity index (χ4n) is 2.69. The Morgan fingerprint density at radius 3 is 2.54 bits per heavy atom. The van der Waals surface area contributed by atoms with Crippen LogP contribution in [0.2, 0.25) is 0 Å². The molecule has 1 aliphatic heterocycles. The van der Waals surface area contributed by atoms with E-state index in [0.29, 0.717) is 13.2 Å². The van der Waals surface area contributed by atoms with Crippen molar-refractivity contribution in [3.63, 3.8) is 0 Å². The van der Waals surface area contributed by atoms with Crippen LogP contribution in [0.5, 0.6) is 5.75 Å². The molecule has 0 spiro atoms. The highest BCUT2D eigenvalue weighted by Gasteiger charge is 2.49. The van der Waals surface area contributed by atoms with Crippen molar-refractivity contribution in [2.24, 2.45) is 0 Å². The van der Waals surface area contributed by atoms with Crippen LogP contribution in [0.1, 0.15) is 24.5 Å². The molecule has 2 aromatic rings. The topological polar surface area (TPSA) is 31.0 Å². The largest absolute Gasteiger partial charge is 0.497 e. The number of ether oxygens (including phenoxy) is 3. The molecule has 2 aromatic carbocycles. The molecule has 0 saturated carbocycles. The van der Waals surface area contributed by atoms with Crippen molar-refractivity contribution in [2.45, 2.75) is 31.7 Å². The van der Waals surface area contributed by atoms with Gasteiger partial charge in [0.15, 0.2) is 0 Å². The van der Waals surface area contributed by atoms with E-state index in [1.807, 2.05) is 42.5 Å². The van der Waals surface area contributed by atoms with E-state index in [-0.39, 0.29) is 11.7 Å². The van der Waals surface area contributed by atoms with Gasteiger partial charge in [-0.2, -0.15) is 0 Å². The van der Waals surface area contributed by atoms with E-state index in [1.165, 1.54) is 5.56 Å². The SMILES string of the molecule is COc1ccc(COCC[C@@H]2O[C@@]2(C)/C=C\c2ccccc2)cc1. The van der Waals surface area contributed by atoms with Crippen molar-refractivity contribution in [1.29, 1.82) is 0 Å². The van der Waals surface area contributed by atoms with Gasteiger partial charge in [-0.1, -0.05) is 48.5 Å². The van der Waals surface area contributed by atoms with E-state index in [9.17, 15) is 0 Å². The van der Waals surface area contributed by atoms with Crippen LogP contribution in [0.25, 0.3) is 6.08 Å². The van der Waals surface area contributed by atoms with Gasteiger partial charge in [0.25, 0.3) is 0 Å². The van der Waals surface area contributed by atoms with Crippen molar-refractivity contribution >= 4 is 6.08 Å². The monoisotopic (exact) mass is 324 g/mol. The van der Waals surface area contributed by atoms with Gasteiger partial charge in [-0.15, -0.1) is 0 Å². The van der Waals surface area contributed by atoms with Gasteiger partial charge >= 0.3 is 0 Å². The van der Waals surface area contributed by atoms with E-state index in [2.05, 4.69) is 31.2 Å². The third kappa shape index (κ3) is 4.47. The molecule has 0 bridgehead atoms. The number of benzene rings is 2. The van der Waals surface area contributed by atoms with Crippen LogP contribution in [0.3, 0.4) is 0 Å². The van der Waals surface area contributed by atoms with Crippen LogP contribution < -0.4 is 4.74 Å². The number of methoxy groups -OCH3 is 1. The molecule has 1 heterocycles. The van der Waals surface area contributed by atoms with Crippen molar-refractivity contribution < 1.29 is 14.2 Å². The molecule has 0 radical (unpaired) electrons. The lowest BCUT2D eigenvalue weighted by Gasteiger charge is -2.05. The molecule has 1 aliphatic rings. The molecule has 0 aliphatic carbocycles. The Kier molecular flexibility index (Phi) is 5.34. The molecule has 3 nitrogen and oxygen atoms in total. The molecule has 0 amide bonds. The zero-order valence-corrected chi connectivity index (χ0v) is 14.3. The van der Waals surface area contributed by atoms with Gasteiger partial charge in [-0.05, 0) is 36.3 Å². The lowest BCUT2D eigenvalue weighted by molar-refractivity contribution is 0.113. The van der Waals surface area contributed by atoms with Crippen molar-refractivity contribution in [2.75, 3.05) is 13.7 Å². The highest BCUT2D eigenvalue weighted by atomic mass is 16.6. The third-order valence-electron chi connectivity index (χ3n) is 4.34. The zero-order valence-electron chi connectivity index (χ0n) is 14.3. The van der Waals surface area contributed by atoms with E-state index < -0.39 is 0 Å². The Hall–Kier alpha value is -2.10. The second kappa shape index (κ2) is 7.65. The maximum Gasteiger partial charge on any atom is 0.118 e. The molecule has 3 heteroatoms. The van der Waals surface area contributed by atoms with Gasteiger partial charge in [0.2, 0.25) is 0 Å². The molecule has 1 fully saturated rings. The van der Waals surface area contributed by atoms with E-state index in [4.69, 9.17) is 14.2 Å². The van der Waals surface area contributed by atoms with Gasteiger partial charge in [0.1, 0.15) is 11.4 Å². The van der Waals surface area contributed by atoms with E-state index in [1.54, 1.807) is 7.11 Å². The fraction of sp³-hybridized carbons (Fsp3) is 0.333. The molecule has 3 rings (SSSR count). The van der Waals surface area contributed by atoms with E-state index >= 15 is 0 Å². The number of epoxide rings is 1. The van der Waals surface area contributed by atoms with Crippen LogP contribution in [0, 0.1) is 0 Å². The summed E-state index contributed by atoms with van der Waals surface area (Å²) in [6.45, 7) is 3.44. The maximum atomic E-state index is 5.83. The first-order valence-corrected chi connectivity index (χ1v) is 8.32. The molecular formula is C21H24O3. The predicted octanol–water partition coefficient (Wildman–Crippen LogP) is 4.47. The Balaban J connectivity index is 1.38. The summed E-state index contributed by atoms with van der Waals surface area (Å²) in [7, 11) is 1.67. The summed E-state index contributed by atoms with van der Waals surface area (Å²) in [5, 5.41) is 0. The van der Waals surface area contributed by atoms with E-state index in [0.717, 1.165) is 17.7 Å². The highest BCUT2D eigenvalue weighted by Crippen LogP contribution is 2.40. The first-order chi connectivity index (χ1) is 11.7. The van der Waals surface area contributed by atoms with Crippen molar-refractivity contribution in [3.8, 4) is 5.75 Å². The minimum atomic E-state index is -0.153. The smallest absolute Gasteiger partial charge is 0.118 e. The van der Waals surface area contributed by atoms with Crippen LogP contribution in [0.15, 0.2) is 60.7 Å². The lowest BCUT2D eigenvalue weighted by atomic mass is 10.0. The number of rotatable bonds is 8. The molecule has 0 aromatic heterocycles. The lowest BCUT2D eigenvalue weighted by Crippen LogP contribution is -2.08. The van der Waals surface area contributed by atoms with Crippen molar-refractivity contribution in [1.82, 2.24) is 0 Å². The maximum absolute atomic E-state index is 5.83. The first kappa shape index (κ1) is 16.7. The van der Waals surface area contributed by atoms with Gasteiger partial charge < -0.3 is 14.2 Å². The second-order valence-electron chi connectivity index (χ2n) is 6.22. The summed E-state index contributed by atoms with van der Waals surface area (Å²) in [6, 6.07) is 18.3. The molecule has 2 atom stereocenters. The van der Waals surface area contributed by atoms with Crippen LogP contribution >= 0.6 is 0 Å². The predicted molar refractivity (Wildman–Crippen MR) is 96.0 cm³/mol.